The predicted octanol–water partition coefficient (Wildman–Crippen LogP) is 4.13. The van der Waals surface area contributed by atoms with Gasteiger partial charge in [0, 0.05) is 6.42 Å². The lowest BCUT2D eigenvalue weighted by atomic mass is 10.0. The first-order valence-electron chi connectivity index (χ1n) is 7.56. The van der Waals surface area contributed by atoms with E-state index < -0.39 is 5.97 Å². The van der Waals surface area contributed by atoms with Crippen molar-refractivity contribution in [2.24, 2.45) is 0 Å². The fourth-order valence-corrected chi connectivity index (χ4v) is 2.19. The van der Waals surface area contributed by atoms with Gasteiger partial charge in [-0.25, -0.2) is 0 Å². The molecule has 108 valence electrons. The smallest absolute Gasteiger partial charge is 0.303 e. The molecule has 1 atom stereocenters. The van der Waals surface area contributed by atoms with Crippen LogP contribution in [0.25, 0.3) is 0 Å². The van der Waals surface area contributed by atoms with Crippen molar-refractivity contribution in [3.63, 3.8) is 0 Å². The van der Waals surface area contributed by atoms with Crippen LogP contribution < -0.4 is 0 Å². The average Bonchev–Trinajstić information content (AvgIpc) is 2.31. The van der Waals surface area contributed by atoms with Crippen LogP contribution in [0, 0.1) is 0 Å². The zero-order valence-corrected chi connectivity index (χ0v) is 11.9. The predicted molar refractivity (Wildman–Crippen MR) is 74.7 cm³/mol. The quantitative estimate of drug-likeness (QED) is 0.488. The zero-order chi connectivity index (χ0) is 13.6. The minimum absolute atomic E-state index is 0.0916. The van der Waals surface area contributed by atoms with E-state index in [1.807, 2.05) is 0 Å². The number of aliphatic carboxylic acids is 1. The maximum Gasteiger partial charge on any atom is 0.303 e. The van der Waals surface area contributed by atoms with Gasteiger partial charge in [-0.3, -0.25) is 4.79 Å². The Balaban J connectivity index is 3.05. The first-order valence-corrected chi connectivity index (χ1v) is 7.56. The van der Waals surface area contributed by atoms with E-state index >= 15 is 0 Å². The number of hydrogen-bond donors (Lipinski definition) is 2. The topological polar surface area (TPSA) is 57.5 Å². The Labute approximate surface area is 112 Å². The van der Waals surface area contributed by atoms with Gasteiger partial charge in [-0.05, 0) is 19.3 Å². The van der Waals surface area contributed by atoms with E-state index in [-0.39, 0.29) is 6.10 Å². The number of rotatable bonds is 13. The molecule has 0 radical (unpaired) electrons. The average molecular weight is 258 g/mol. The molecule has 0 saturated heterocycles. The van der Waals surface area contributed by atoms with E-state index in [0.29, 0.717) is 6.42 Å². The van der Waals surface area contributed by atoms with Crippen molar-refractivity contribution in [1.82, 2.24) is 0 Å². The van der Waals surface area contributed by atoms with Crippen molar-refractivity contribution < 1.29 is 15.0 Å². The Morgan fingerprint density at radius 3 is 1.89 bits per heavy atom. The summed E-state index contributed by atoms with van der Waals surface area (Å²) in [7, 11) is 0. The highest BCUT2D eigenvalue weighted by Crippen LogP contribution is 2.12. The second-order valence-corrected chi connectivity index (χ2v) is 5.20. The Kier molecular flexibility index (Phi) is 12.5. The molecular weight excluding hydrogens is 228 g/mol. The van der Waals surface area contributed by atoms with Crippen molar-refractivity contribution in [1.29, 1.82) is 0 Å². The van der Waals surface area contributed by atoms with Gasteiger partial charge in [0.05, 0.1) is 6.10 Å². The van der Waals surface area contributed by atoms with Crippen molar-refractivity contribution in [2.45, 2.75) is 90.1 Å². The lowest BCUT2D eigenvalue weighted by Gasteiger charge is -2.08. The molecule has 3 nitrogen and oxygen atoms in total. The number of hydrogen-bond acceptors (Lipinski definition) is 2. The summed E-state index contributed by atoms with van der Waals surface area (Å²) in [6.07, 6.45) is 12.3. The number of carboxylic acids is 1. The molecule has 2 N–H and O–H groups in total. The summed E-state index contributed by atoms with van der Waals surface area (Å²) < 4.78 is 0. The highest BCUT2D eigenvalue weighted by Gasteiger charge is 2.01. The van der Waals surface area contributed by atoms with Gasteiger partial charge in [-0.2, -0.15) is 0 Å². The Bertz CT molecular complexity index is 192. The van der Waals surface area contributed by atoms with Gasteiger partial charge in [0.1, 0.15) is 0 Å². The number of carboxylic acid groups (broad SMARTS) is 1. The zero-order valence-electron chi connectivity index (χ0n) is 11.9. The largest absolute Gasteiger partial charge is 0.481 e. The van der Waals surface area contributed by atoms with Crippen molar-refractivity contribution >= 4 is 5.97 Å². The summed E-state index contributed by atoms with van der Waals surface area (Å²) in [5, 5.41) is 18.0. The van der Waals surface area contributed by atoms with Gasteiger partial charge < -0.3 is 10.2 Å². The third kappa shape index (κ3) is 13.5. The summed E-state index contributed by atoms with van der Waals surface area (Å²) >= 11 is 0. The van der Waals surface area contributed by atoms with E-state index in [1.165, 1.54) is 25.7 Å². The SMILES string of the molecule is CCC[C@@H](O)CCCCCCCCCCC(=O)O. The molecule has 18 heavy (non-hydrogen) atoms. The molecule has 0 aromatic carbocycles. The second kappa shape index (κ2) is 12.9. The van der Waals surface area contributed by atoms with Crippen LogP contribution in [-0.2, 0) is 4.79 Å². The molecule has 0 fully saturated rings. The first-order chi connectivity index (χ1) is 8.66. The molecule has 0 bridgehead atoms. The molecule has 0 aliphatic rings. The van der Waals surface area contributed by atoms with Crippen LogP contribution in [0.3, 0.4) is 0 Å². The lowest BCUT2D eigenvalue weighted by molar-refractivity contribution is -0.137. The van der Waals surface area contributed by atoms with E-state index in [2.05, 4.69) is 6.92 Å². The molecule has 0 aliphatic carbocycles. The standard InChI is InChI=1S/C15H30O3/c1-2-11-14(16)12-9-7-5-3-4-6-8-10-13-15(17)18/h14,16H,2-13H2,1H3,(H,17,18)/t14-/m1/s1. The van der Waals surface area contributed by atoms with E-state index in [4.69, 9.17) is 5.11 Å². The monoisotopic (exact) mass is 258 g/mol. The number of carbonyl (C=O) groups is 1. The molecule has 0 unspecified atom stereocenters. The molecule has 0 rings (SSSR count). The van der Waals surface area contributed by atoms with E-state index in [1.54, 1.807) is 0 Å². The van der Waals surface area contributed by atoms with Crippen molar-refractivity contribution in [3.8, 4) is 0 Å². The summed E-state index contributed by atoms with van der Waals surface area (Å²) in [4.78, 5) is 10.3. The van der Waals surface area contributed by atoms with Gasteiger partial charge in [0.2, 0.25) is 0 Å². The Hall–Kier alpha value is -0.570. The minimum atomic E-state index is -0.680. The Morgan fingerprint density at radius 2 is 1.39 bits per heavy atom. The molecular formula is C15H30O3. The molecule has 3 heteroatoms. The van der Waals surface area contributed by atoms with Crippen molar-refractivity contribution in [2.75, 3.05) is 0 Å². The third-order valence-electron chi connectivity index (χ3n) is 3.30. The third-order valence-corrected chi connectivity index (χ3v) is 3.30. The molecule has 0 aromatic heterocycles. The number of unbranched alkanes of at least 4 members (excludes halogenated alkanes) is 7. The normalized spacial score (nSPS) is 12.6. The molecule has 0 heterocycles. The summed E-state index contributed by atoms with van der Waals surface area (Å²) in [5.74, 6) is -0.680. The number of aliphatic hydroxyl groups is 1. The van der Waals surface area contributed by atoms with Crippen LogP contribution in [0.1, 0.15) is 84.0 Å². The summed E-state index contributed by atoms with van der Waals surface area (Å²) in [5.41, 5.74) is 0. The van der Waals surface area contributed by atoms with Crippen LogP contribution in [0.2, 0.25) is 0 Å². The molecule has 0 spiro atoms. The van der Waals surface area contributed by atoms with Gasteiger partial charge in [0.15, 0.2) is 0 Å². The van der Waals surface area contributed by atoms with Gasteiger partial charge in [-0.15, -0.1) is 0 Å². The van der Waals surface area contributed by atoms with Crippen LogP contribution >= 0.6 is 0 Å². The fraction of sp³-hybridized carbons (Fsp3) is 0.933. The fourth-order valence-electron chi connectivity index (χ4n) is 2.19. The van der Waals surface area contributed by atoms with E-state index in [0.717, 1.165) is 44.9 Å². The Morgan fingerprint density at radius 1 is 0.889 bits per heavy atom. The van der Waals surface area contributed by atoms with Crippen LogP contribution in [0.15, 0.2) is 0 Å². The highest BCUT2D eigenvalue weighted by molar-refractivity contribution is 5.66. The molecule has 0 aromatic rings. The first kappa shape index (κ1) is 17.4. The second-order valence-electron chi connectivity index (χ2n) is 5.20. The minimum Gasteiger partial charge on any atom is -0.481 e. The van der Waals surface area contributed by atoms with Gasteiger partial charge >= 0.3 is 5.97 Å². The molecule has 0 aliphatic heterocycles. The summed E-state index contributed by atoms with van der Waals surface area (Å²) in [6, 6.07) is 0. The van der Waals surface area contributed by atoms with Crippen molar-refractivity contribution in [3.05, 3.63) is 0 Å². The molecule has 0 saturated carbocycles. The van der Waals surface area contributed by atoms with Crippen LogP contribution in [0.4, 0.5) is 0 Å². The maximum atomic E-state index is 10.3. The van der Waals surface area contributed by atoms with E-state index in [9.17, 15) is 9.90 Å². The van der Waals surface area contributed by atoms with Crippen LogP contribution in [0.5, 0.6) is 0 Å². The van der Waals surface area contributed by atoms with Gasteiger partial charge in [-0.1, -0.05) is 58.3 Å². The van der Waals surface area contributed by atoms with Gasteiger partial charge in [0.25, 0.3) is 0 Å². The number of aliphatic hydroxyl groups excluding tert-OH is 1. The maximum absolute atomic E-state index is 10.3. The summed E-state index contributed by atoms with van der Waals surface area (Å²) in [6.45, 7) is 2.10. The van der Waals surface area contributed by atoms with Crippen LogP contribution in [-0.4, -0.2) is 22.3 Å². The highest BCUT2D eigenvalue weighted by atomic mass is 16.4. The lowest BCUT2D eigenvalue weighted by Crippen LogP contribution is -2.04. The molecule has 0 amide bonds.